The molecule has 2 aromatic rings. The first-order valence-electron chi connectivity index (χ1n) is 7.66. The van der Waals surface area contributed by atoms with Gasteiger partial charge in [-0.05, 0) is 35.7 Å². The van der Waals surface area contributed by atoms with Crippen LogP contribution in [-0.4, -0.2) is 11.7 Å². The van der Waals surface area contributed by atoms with Crippen molar-refractivity contribution in [2.75, 3.05) is 6.54 Å². The van der Waals surface area contributed by atoms with Gasteiger partial charge < -0.3 is 10.4 Å². The van der Waals surface area contributed by atoms with Crippen LogP contribution in [0.1, 0.15) is 42.2 Å². The molecule has 0 amide bonds. The van der Waals surface area contributed by atoms with E-state index in [9.17, 15) is 18.3 Å². The smallest absolute Gasteiger partial charge is 0.387 e. The Kier molecular flexibility index (Phi) is 6.27. The van der Waals surface area contributed by atoms with Crippen LogP contribution in [0.3, 0.4) is 0 Å². The second-order valence-electron chi connectivity index (χ2n) is 5.52. The Morgan fingerprint density at radius 1 is 1.08 bits per heavy atom. The van der Waals surface area contributed by atoms with Crippen molar-refractivity contribution >= 4 is 11.6 Å². The first-order chi connectivity index (χ1) is 11.3. The van der Waals surface area contributed by atoms with Crippen molar-refractivity contribution in [3.05, 3.63) is 70.2 Å². The van der Waals surface area contributed by atoms with Gasteiger partial charge in [0, 0.05) is 17.6 Å². The van der Waals surface area contributed by atoms with E-state index in [4.69, 9.17) is 11.6 Å². The number of halogens is 4. The van der Waals surface area contributed by atoms with Crippen molar-refractivity contribution in [1.29, 1.82) is 0 Å². The molecule has 0 radical (unpaired) electrons. The van der Waals surface area contributed by atoms with Crippen LogP contribution >= 0.6 is 11.6 Å². The molecule has 0 fully saturated rings. The number of aliphatic hydroxyl groups is 1. The third-order valence-corrected chi connectivity index (χ3v) is 4.12. The van der Waals surface area contributed by atoms with Gasteiger partial charge in [0.1, 0.15) is 0 Å². The zero-order valence-corrected chi connectivity index (χ0v) is 13.9. The molecule has 0 aliphatic rings. The summed E-state index contributed by atoms with van der Waals surface area (Å²) in [5.74, 6) is 0. The van der Waals surface area contributed by atoms with Gasteiger partial charge in [0.2, 0.25) is 0 Å². The molecule has 130 valence electrons. The van der Waals surface area contributed by atoms with Gasteiger partial charge in [-0.2, -0.15) is 13.2 Å². The van der Waals surface area contributed by atoms with E-state index in [1.807, 2.05) is 19.1 Å². The second-order valence-corrected chi connectivity index (χ2v) is 5.96. The van der Waals surface area contributed by atoms with E-state index in [1.54, 1.807) is 12.1 Å². The van der Waals surface area contributed by atoms with Crippen LogP contribution in [0, 0.1) is 0 Å². The third-order valence-electron chi connectivity index (χ3n) is 3.86. The molecule has 0 bridgehead atoms. The van der Waals surface area contributed by atoms with Crippen LogP contribution in [0.15, 0.2) is 48.5 Å². The molecule has 6 heteroatoms. The maximum atomic E-state index is 13.0. The zero-order valence-electron chi connectivity index (χ0n) is 13.1. The van der Waals surface area contributed by atoms with Crippen molar-refractivity contribution in [2.45, 2.75) is 31.7 Å². The fraction of sp³-hybridized carbons (Fsp3) is 0.333. The second kappa shape index (κ2) is 8.01. The Bertz CT molecular complexity index is 658. The van der Waals surface area contributed by atoms with Gasteiger partial charge in [-0.3, -0.25) is 0 Å². The van der Waals surface area contributed by atoms with Gasteiger partial charge in [0.05, 0.1) is 11.7 Å². The van der Waals surface area contributed by atoms with Crippen LogP contribution in [0.5, 0.6) is 0 Å². The summed E-state index contributed by atoms with van der Waals surface area (Å²) in [5.41, 5.74) is 0.0421. The summed E-state index contributed by atoms with van der Waals surface area (Å²) in [6.07, 6.45) is -5.00. The monoisotopic (exact) mass is 357 g/mol. The predicted octanol–water partition coefficient (Wildman–Crippen LogP) is 5.13. The minimum atomic E-state index is -4.49. The molecule has 0 heterocycles. The molecule has 2 rings (SSSR count). The molecule has 0 saturated heterocycles. The molecule has 0 aliphatic carbocycles. The third kappa shape index (κ3) is 4.72. The molecule has 2 unspecified atom stereocenters. The summed E-state index contributed by atoms with van der Waals surface area (Å²) in [6, 6.07) is 12.3. The van der Waals surface area contributed by atoms with Crippen molar-refractivity contribution in [3.63, 3.8) is 0 Å². The SMILES string of the molecule is CCC(NCC(O)c1ccccc1C(F)(F)F)c1ccc(Cl)cc1. The van der Waals surface area contributed by atoms with Crippen molar-refractivity contribution in [1.82, 2.24) is 5.32 Å². The molecule has 2 atom stereocenters. The van der Waals surface area contributed by atoms with E-state index < -0.39 is 17.8 Å². The molecule has 0 spiro atoms. The minimum absolute atomic E-state index is 0.0221. The van der Waals surface area contributed by atoms with E-state index in [-0.39, 0.29) is 18.2 Å². The molecule has 0 aromatic heterocycles. The Balaban J connectivity index is 2.10. The molecule has 0 aliphatic heterocycles. The van der Waals surface area contributed by atoms with Gasteiger partial charge >= 0.3 is 6.18 Å². The lowest BCUT2D eigenvalue weighted by Gasteiger charge is -2.22. The fourth-order valence-corrected chi connectivity index (χ4v) is 2.73. The molecule has 2 aromatic carbocycles. The average molecular weight is 358 g/mol. The van der Waals surface area contributed by atoms with Crippen LogP contribution in [0.2, 0.25) is 5.02 Å². The summed E-state index contributed by atoms with van der Waals surface area (Å²) in [5, 5.41) is 14.0. The van der Waals surface area contributed by atoms with Crippen molar-refractivity contribution < 1.29 is 18.3 Å². The Morgan fingerprint density at radius 2 is 1.71 bits per heavy atom. The average Bonchev–Trinajstić information content (AvgIpc) is 2.56. The van der Waals surface area contributed by atoms with Gasteiger partial charge in [-0.1, -0.05) is 48.9 Å². The van der Waals surface area contributed by atoms with Crippen LogP contribution in [0.4, 0.5) is 13.2 Å². The highest BCUT2D eigenvalue weighted by Gasteiger charge is 2.34. The lowest BCUT2D eigenvalue weighted by atomic mass is 10.0. The zero-order chi connectivity index (χ0) is 17.7. The van der Waals surface area contributed by atoms with E-state index in [0.29, 0.717) is 5.02 Å². The Labute approximate surface area is 144 Å². The van der Waals surface area contributed by atoms with Gasteiger partial charge in [0.15, 0.2) is 0 Å². The number of aliphatic hydroxyl groups excluding tert-OH is 1. The molecule has 24 heavy (non-hydrogen) atoms. The standard InChI is InChI=1S/C18H19ClF3NO/c1-2-16(12-7-9-13(19)10-8-12)23-11-17(24)14-5-3-4-6-15(14)18(20,21)22/h3-10,16-17,23-24H,2,11H2,1H3. The lowest BCUT2D eigenvalue weighted by Crippen LogP contribution is -2.27. The normalized spacial score (nSPS) is 14.4. The number of rotatable bonds is 6. The van der Waals surface area contributed by atoms with E-state index in [2.05, 4.69) is 5.32 Å². The number of nitrogens with one attached hydrogen (secondary N) is 1. The maximum Gasteiger partial charge on any atom is 0.416 e. The summed E-state index contributed by atoms with van der Waals surface area (Å²) in [4.78, 5) is 0. The van der Waals surface area contributed by atoms with Crippen LogP contribution < -0.4 is 5.32 Å². The number of alkyl halides is 3. The maximum absolute atomic E-state index is 13.0. The summed E-state index contributed by atoms with van der Waals surface area (Å²) < 4.78 is 39.1. The fourth-order valence-electron chi connectivity index (χ4n) is 2.60. The predicted molar refractivity (Wildman–Crippen MR) is 88.9 cm³/mol. The highest BCUT2D eigenvalue weighted by molar-refractivity contribution is 6.30. The van der Waals surface area contributed by atoms with E-state index >= 15 is 0 Å². The topological polar surface area (TPSA) is 32.3 Å². The molecular formula is C18H19ClF3NO. The molecule has 2 nitrogen and oxygen atoms in total. The van der Waals surface area contributed by atoms with Gasteiger partial charge in [-0.25, -0.2) is 0 Å². The van der Waals surface area contributed by atoms with Gasteiger partial charge in [0.25, 0.3) is 0 Å². The summed E-state index contributed by atoms with van der Waals surface area (Å²) in [6.45, 7) is 1.98. The van der Waals surface area contributed by atoms with Crippen LogP contribution in [-0.2, 0) is 6.18 Å². The largest absolute Gasteiger partial charge is 0.416 e. The number of hydrogen-bond donors (Lipinski definition) is 2. The van der Waals surface area contributed by atoms with Crippen molar-refractivity contribution in [2.24, 2.45) is 0 Å². The summed E-state index contributed by atoms with van der Waals surface area (Å²) >= 11 is 5.86. The first kappa shape index (κ1) is 18.8. The van der Waals surface area contributed by atoms with Crippen LogP contribution in [0.25, 0.3) is 0 Å². The minimum Gasteiger partial charge on any atom is -0.387 e. The highest BCUT2D eigenvalue weighted by atomic mass is 35.5. The van der Waals surface area contributed by atoms with E-state index in [0.717, 1.165) is 18.1 Å². The molecular weight excluding hydrogens is 339 g/mol. The van der Waals surface area contributed by atoms with Gasteiger partial charge in [-0.15, -0.1) is 0 Å². The van der Waals surface area contributed by atoms with E-state index in [1.165, 1.54) is 18.2 Å². The van der Waals surface area contributed by atoms with Crippen molar-refractivity contribution in [3.8, 4) is 0 Å². The molecule has 0 saturated carbocycles. The lowest BCUT2D eigenvalue weighted by molar-refractivity contribution is -0.139. The number of benzene rings is 2. The number of hydrogen-bond acceptors (Lipinski definition) is 2. The quantitative estimate of drug-likeness (QED) is 0.750. The Morgan fingerprint density at radius 3 is 2.29 bits per heavy atom. The highest BCUT2D eigenvalue weighted by Crippen LogP contribution is 2.34. The Hall–Kier alpha value is -1.56. The molecule has 2 N–H and O–H groups in total. The first-order valence-corrected chi connectivity index (χ1v) is 8.03. The summed E-state index contributed by atoms with van der Waals surface area (Å²) in [7, 11) is 0.